The highest BCUT2D eigenvalue weighted by atomic mass is 19.4. The Labute approximate surface area is 161 Å². The van der Waals surface area contributed by atoms with Crippen LogP contribution in [0.1, 0.15) is 11.4 Å². The predicted molar refractivity (Wildman–Crippen MR) is 89.4 cm³/mol. The van der Waals surface area contributed by atoms with Gasteiger partial charge in [0.2, 0.25) is 0 Å². The highest BCUT2D eigenvalue weighted by molar-refractivity contribution is 6.03. The maximum atomic E-state index is 14.2. The van der Waals surface area contributed by atoms with Gasteiger partial charge >= 0.3 is 12.4 Å². The van der Waals surface area contributed by atoms with Crippen molar-refractivity contribution in [2.24, 2.45) is 7.05 Å². The number of alkyl halides is 6. The van der Waals surface area contributed by atoms with E-state index >= 15 is 0 Å². The Morgan fingerprint density at radius 1 is 1.00 bits per heavy atom. The van der Waals surface area contributed by atoms with Crippen LogP contribution in [0.4, 0.5) is 30.7 Å². The third-order valence-electron chi connectivity index (χ3n) is 4.26. The third kappa shape index (κ3) is 2.97. The summed E-state index contributed by atoms with van der Waals surface area (Å²) < 4.78 is 95.6. The van der Waals surface area contributed by atoms with Gasteiger partial charge in [0.05, 0.1) is 5.69 Å². The van der Waals surface area contributed by atoms with Gasteiger partial charge in [0.1, 0.15) is 5.65 Å². The van der Waals surface area contributed by atoms with Gasteiger partial charge in [-0.1, -0.05) is 0 Å². The summed E-state index contributed by atoms with van der Waals surface area (Å²) >= 11 is 0. The molecule has 156 valence electrons. The first-order chi connectivity index (χ1) is 13.9. The molecule has 0 atom stereocenters. The van der Waals surface area contributed by atoms with Crippen molar-refractivity contribution in [2.45, 2.75) is 12.4 Å². The first kappa shape index (κ1) is 19.8. The normalized spacial score (nSPS) is 12.8. The molecule has 6 nitrogen and oxygen atoms in total. The van der Waals surface area contributed by atoms with Crippen LogP contribution in [0.15, 0.2) is 35.4 Å². The second-order valence-electron chi connectivity index (χ2n) is 6.26. The summed E-state index contributed by atoms with van der Waals surface area (Å²) in [6, 6.07) is 2.39. The molecular weight excluding hydrogens is 423 g/mol. The van der Waals surface area contributed by atoms with E-state index in [0.717, 1.165) is 23.0 Å². The number of aryl methyl sites for hydroxylation is 1. The molecule has 0 spiro atoms. The van der Waals surface area contributed by atoms with Crippen molar-refractivity contribution in [1.82, 2.24) is 24.3 Å². The molecule has 13 heteroatoms. The maximum absolute atomic E-state index is 14.2. The van der Waals surface area contributed by atoms with E-state index in [4.69, 9.17) is 0 Å². The number of aromatic nitrogens is 5. The summed E-state index contributed by atoms with van der Waals surface area (Å²) in [6.07, 6.45) is -8.24. The minimum absolute atomic E-state index is 0.0636. The summed E-state index contributed by atoms with van der Waals surface area (Å²) in [5.41, 5.74) is -6.70. The van der Waals surface area contributed by atoms with Gasteiger partial charge in [0.15, 0.2) is 22.7 Å². The molecule has 0 aromatic carbocycles. The number of rotatable bonds is 1. The zero-order valence-corrected chi connectivity index (χ0v) is 14.7. The second kappa shape index (κ2) is 6.24. The van der Waals surface area contributed by atoms with E-state index in [1.165, 1.54) is 13.2 Å². The number of hydrogen-bond donors (Lipinski definition) is 0. The quantitative estimate of drug-likeness (QED) is 0.430. The van der Waals surface area contributed by atoms with Crippen LogP contribution in [0.5, 0.6) is 0 Å². The van der Waals surface area contributed by atoms with Crippen molar-refractivity contribution in [3.05, 3.63) is 58.2 Å². The number of nitrogens with zero attached hydrogens (tertiary/aromatic N) is 5. The fourth-order valence-electron chi connectivity index (χ4n) is 3.11. The smallest absolute Gasteiger partial charge is 0.274 e. The highest BCUT2D eigenvalue weighted by Gasteiger charge is 2.39. The van der Waals surface area contributed by atoms with E-state index in [0.29, 0.717) is 10.6 Å². The Kier molecular flexibility index (Phi) is 4.12. The zero-order chi connectivity index (χ0) is 22.0. The molecule has 4 aromatic heterocycles. The summed E-state index contributed by atoms with van der Waals surface area (Å²) in [4.78, 5) is 19.4. The van der Waals surface area contributed by atoms with Crippen LogP contribution in [-0.2, 0) is 19.4 Å². The largest absolute Gasteiger partial charge is 0.436 e. The fourth-order valence-corrected chi connectivity index (χ4v) is 3.11. The lowest BCUT2D eigenvalue weighted by atomic mass is 10.1. The van der Waals surface area contributed by atoms with E-state index in [9.17, 15) is 35.5 Å². The standard InChI is InChI=1S/C17H8F7N5O/c1-28-6-8-7-5-9(18)12(16(19,20)21)26-14(7)29(15(30)11(8)27-28)10-3-2-4-25-13(10)17(22,23)24/h2-6H,1H3. The van der Waals surface area contributed by atoms with Gasteiger partial charge in [0.25, 0.3) is 5.56 Å². The minimum atomic E-state index is -5.25. The lowest BCUT2D eigenvalue weighted by Crippen LogP contribution is -2.25. The molecule has 4 rings (SSSR count). The van der Waals surface area contributed by atoms with E-state index in [1.54, 1.807) is 0 Å². The van der Waals surface area contributed by atoms with E-state index < -0.39 is 46.5 Å². The van der Waals surface area contributed by atoms with Crippen molar-refractivity contribution in [1.29, 1.82) is 0 Å². The Bertz CT molecular complexity index is 1370. The van der Waals surface area contributed by atoms with E-state index in [2.05, 4.69) is 15.1 Å². The minimum Gasteiger partial charge on any atom is -0.274 e. The summed E-state index contributed by atoms with van der Waals surface area (Å²) in [5, 5.41) is 3.47. The van der Waals surface area contributed by atoms with Crippen LogP contribution in [-0.4, -0.2) is 24.3 Å². The van der Waals surface area contributed by atoms with Gasteiger partial charge < -0.3 is 0 Å². The maximum Gasteiger partial charge on any atom is 0.436 e. The van der Waals surface area contributed by atoms with Gasteiger partial charge in [-0.3, -0.25) is 14.0 Å². The lowest BCUT2D eigenvalue weighted by molar-refractivity contribution is -0.143. The summed E-state index contributed by atoms with van der Waals surface area (Å²) in [5.74, 6) is -1.74. The molecule has 0 aliphatic rings. The SMILES string of the molecule is Cn1cc2c(n1)c(=O)n(-c1cccnc1C(F)(F)F)c1nc(C(F)(F)F)c(F)cc21. The number of pyridine rings is 3. The molecule has 0 fully saturated rings. The molecule has 0 radical (unpaired) electrons. The van der Waals surface area contributed by atoms with Crippen molar-refractivity contribution >= 4 is 21.9 Å². The van der Waals surface area contributed by atoms with Gasteiger partial charge in [-0.05, 0) is 18.2 Å². The van der Waals surface area contributed by atoms with Crippen LogP contribution in [0, 0.1) is 5.82 Å². The molecule has 0 aliphatic carbocycles. The molecule has 4 heterocycles. The second-order valence-corrected chi connectivity index (χ2v) is 6.26. The Hall–Kier alpha value is -3.51. The number of halogens is 7. The molecule has 0 aliphatic heterocycles. The van der Waals surface area contributed by atoms with Crippen LogP contribution in [0.3, 0.4) is 0 Å². The van der Waals surface area contributed by atoms with Crippen molar-refractivity contribution < 1.29 is 30.7 Å². The molecule has 0 N–H and O–H groups in total. The van der Waals surface area contributed by atoms with Crippen molar-refractivity contribution in [2.75, 3.05) is 0 Å². The van der Waals surface area contributed by atoms with Gasteiger partial charge in [-0.2, -0.15) is 31.4 Å². The molecule has 0 saturated heterocycles. The molecule has 30 heavy (non-hydrogen) atoms. The van der Waals surface area contributed by atoms with Crippen molar-refractivity contribution in [3.8, 4) is 5.69 Å². The third-order valence-corrected chi connectivity index (χ3v) is 4.26. The number of hydrogen-bond acceptors (Lipinski definition) is 4. The number of fused-ring (bicyclic) bond motifs is 3. The molecule has 0 bridgehead atoms. The van der Waals surface area contributed by atoms with Gasteiger partial charge in [-0.25, -0.2) is 14.4 Å². The molecular formula is C17H8F7N5O. The van der Waals surface area contributed by atoms with Crippen LogP contribution in [0.25, 0.3) is 27.6 Å². The topological polar surface area (TPSA) is 65.6 Å². The van der Waals surface area contributed by atoms with E-state index in [-0.39, 0.29) is 16.3 Å². The van der Waals surface area contributed by atoms with E-state index in [1.807, 2.05) is 0 Å². The van der Waals surface area contributed by atoms with Gasteiger partial charge in [-0.15, -0.1) is 0 Å². The Morgan fingerprint density at radius 2 is 1.67 bits per heavy atom. The van der Waals surface area contributed by atoms with Crippen LogP contribution >= 0.6 is 0 Å². The molecule has 0 amide bonds. The summed E-state index contributed by atoms with van der Waals surface area (Å²) in [6.45, 7) is 0. The lowest BCUT2D eigenvalue weighted by Gasteiger charge is -2.16. The van der Waals surface area contributed by atoms with Gasteiger partial charge in [0, 0.05) is 30.2 Å². The molecule has 4 aromatic rings. The van der Waals surface area contributed by atoms with Crippen molar-refractivity contribution in [3.63, 3.8) is 0 Å². The molecule has 0 unspecified atom stereocenters. The monoisotopic (exact) mass is 431 g/mol. The highest BCUT2D eigenvalue weighted by Crippen LogP contribution is 2.36. The van der Waals surface area contributed by atoms with Crippen LogP contribution < -0.4 is 5.56 Å². The van der Waals surface area contributed by atoms with Crippen LogP contribution in [0.2, 0.25) is 0 Å². The summed E-state index contributed by atoms with van der Waals surface area (Å²) in [7, 11) is 1.38. The average Bonchev–Trinajstić information content (AvgIpc) is 3.03. The predicted octanol–water partition coefficient (Wildman–Crippen LogP) is 3.84. The Morgan fingerprint density at radius 3 is 2.30 bits per heavy atom. The first-order valence-electron chi connectivity index (χ1n) is 8.08. The first-order valence-corrected chi connectivity index (χ1v) is 8.08. The molecule has 0 saturated carbocycles. The average molecular weight is 431 g/mol. The zero-order valence-electron chi connectivity index (χ0n) is 14.7. The fraction of sp³-hybridized carbons (Fsp3) is 0.176. The Balaban J connectivity index is 2.27.